The van der Waals surface area contributed by atoms with Gasteiger partial charge in [0.15, 0.2) is 6.54 Å². The number of likely N-dealkylation sites (N-methyl/N-ethyl adjacent to an activating group) is 1. The van der Waals surface area contributed by atoms with Crippen molar-refractivity contribution in [2.45, 2.75) is 142 Å². The number of esters is 1. The maximum Gasteiger partial charge on any atom is 0.367 e. The topological polar surface area (TPSA) is 35.2 Å². The molecule has 1 unspecified atom stereocenters. The average Bonchev–Trinajstić information content (AvgIpc) is 2.92. The molecule has 2 N–H and O–H groups in total. The lowest BCUT2D eigenvalue weighted by Gasteiger charge is -2.28. The fraction of sp³-hybridized carbons (Fsp3) is 0.816. The molecule has 274 valence electrons. The highest BCUT2D eigenvalue weighted by Crippen LogP contribution is 2.24. The van der Waals surface area contributed by atoms with Gasteiger partial charge in [0.2, 0.25) is 0 Å². The number of halogens is 3. The van der Waals surface area contributed by atoms with E-state index >= 15 is 0 Å². The van der Waals surface area contributed by atoms with E-state index in [4.69, 9.17) is 4.74 Å². The van der Waals surface area contributed by atoms with E-state index in [1.165, 1.54) is 121 Å². The van der Waals surface area contributed by atoms with Crippen molar-refractivity contribution in [3.8, 4) is 5.75 Å². The van der Waals surface area contributed by atoms with Crippen LogP contribution in [0.25, 0.3) is 0 Å². The first-order chi connectivity index (χ1) is 20.4. The molecule has 0 aliphatic heterocycles. The van der Waals surface area contributed by atoms with E-state index in [1.807, 2.05) is 13.0 Å². The summed E-state index contributed by atoms with van der Waals surface area (Å²) in [6.07, 6.45) is 23.4. The van der Waals surface area contributed by atoms with Gasteiger partial charge in [0.05, 0.1) is 61.4 Å². The summed E-state index contributed by atoms with van der Waals surface area (Å²) >= 11 is 0. The molecule has 5 nitrogen and oxygen atoms in total. The summed E-state index contributed by atoms with van der Waals surface area (Å²) in [7, 11) is 13.5. The molecule has 1 aromatic carbocycles. The molecule has 0 spiro atoms. The first-order valence-electron chi connectivity index (χ1n) is 18.1. The molecule has 0 radical (unpaired) electrons. The quantitative estimate of drug-likeness (QED) is 0.0472. The van der Waals surface area contributed by atoms with Crippen molar-refractivity contribution < 1.29 is 65.6 Å². The standard InChI is InChI=1S/C38H72N3O2.BrH.2ClH/c1-33(2)35-28-27-34(3)37(31-35)43-38(42)32-41(8,9)30-24-20-16-11-10-13-17-21-25-36(40(6)7)26-22-18-14-12-15-19-23-29-39(4)5;;;/h27-28,31,33,36H,10-26,29-30,32H2,1-9H3;3*1H/q+1;;;/p-1. The molecule has 0 fully saturated rings. The third kappa shape index (κ3) is 25.6. The summed E-state index contributed by atoms with van der Waals surface area (Å²) in [4.78, 5) is 15.9. The minimum Gasteiger partial charge on any atom is -1.00 e. The number of nitrogens with zero attached hydrogens (tertiary/aromatic N) is 1. The van der Waals surface area contributed by atoms with Gasteiger partial charge in [-0.05, 0) is 81.4 Å². The predicted molar refractivity (Wildman–Crippen MR) is 186 cm³/mol. The van der Waals surface area contributed by atoms with Gasteiger partial charge in [-0.2, -0.15) is 0 Å². The molecular formula is C38H74BrCl2N3O2. The van der Waals surface area contributed by atoms with Crippen molar-refractivity contribution in [2.24, 2.45) is 0 Å². The fourth-order valence-electron chi connectivity index (χ4n) is 6.14. The number of hydrogen-bond donors (Lipinski definition) is 2. The molecule has 1 aromatic rings. The summed E-state index contributed by atoms with van der Waals surface area (Å²) in [6, 6.07) is 7.05. The molecule has 8 heteroatoms. The van der Waals surface area contributed by atoms with Crippen LogP contribution < -0.4 is 56.3 Å². The molecule has 0 amide bonds. The molecule has 0 aliphatic carbocycles. The van der Waals surface area contributed by atoms with Gasteiger partial charge in [0.1, 0.15) is 5.75 Å². The van der Waals surface area contributed by atoms with Crippen molar-refractivity contribution in [3.63, 3.8) is 0 Å². The Morgan fingerprint density at radius 2 is 1.20 bits per heavy atom. The van der Waals surface area contributed by atoms with E-state index in [0.717, 1.165) is 18.2 Å². The number of aryl methyl sites for hydroxylation is 1. The minimum absolute atomic E-state index is 0. The first-order valence-corrected chi connectivity index (χ1v) is 18.1. The molecule has 1 rings (SSSR count). The van der Waals surface area contributed by atoms with Gasteiger partial charge < -0.3 is 60.8 Å². The van der Waals surface area contributed by atoms with Gasteiger partial charge in [-0.15, -0.1) is 0 Å². The second-order valence-electron chi connectivity index (χ2n) is 15.1. The Morgan fingerprint density at radius 1 is 0.739 bits per heavy atom. The van der Waals surface area contributed by atoms with Crippen molar-refractivity contribution in [3.05, 3.63) is 29.3 Å². The molecule has 0 bridgehead atoms. The number of carbonyl (C=O) groups excluding carboxylic acids is 1. The Morgan fingerprint density at radius 3 is 1.65 bits per heavy atom. The highest BCUT2D eigenvalue weighted by Gasteiger charge is 2.22. The van der Waals surface area contributed by atoms with Gasteiger partial charge in [-0.1, -0.05) is 83.8 Å². The smallest absolute Gasteiger partial charge is 0.367 e. The molecular weight excluding hydrogens is 681 g/mol. The van der Waals surface area contributed by atoms with Crippen molar-refractivity contribution >= 4 is 5.97 Å². The van der Waals surface area contributed by atoms with Crippen LogP contribution >= 0.6 is 0 Å². The average molecular weight is 756 g/mol. The van der Waals surface area contributed by atoms with E-state index in [9.17, 15) is 4.79 Å². The van der Waals surface area contributed by atoms with Gasteiger partial charge in [-0.3, -0.25) is 0 Å². The molecule has 0 saturated carbocycles. The van der Waals surface area contributed by atoms with Gasteiger partial charge in [0, 0.05) is 0 Å². The zero-order chi connectivity index (χ0) is 32.1. The van der Waals surface area contributed by atoms with Gasteiger partial charge in [-0.25, -0.2) is 4.79 Å². The summed E-state index contributed by atoms with van der Waals surface area (Å²) in [6.45, 7) is 9.09. The summed E-state index contributed by atoms with van der Waals surface area (Å²) in [5, 5.41) is 0. The molecule has 0 aromatic heterocycles. The SMILES string of the molecule is Cc1ccc(C(C)C)cc1OC(=O)C[N+](C)(C)CCCCCCCCCCC(CCCCCCCCC[NH+](C)C)[NH+](C)C.[Br-].[Cl-].[Cl-]. The summed E-state index contributed by atoms with van der Waals surface area (Å²) in [5.41, 5.74) is 2.23. The van der Waals surface area contributed by atoms with Gasteiger partial charge >= 0.3 is 5.97 Å². The Bertz CT molecular complexity index is 868. The second-order valence-corrected chi connectivity index (χ2v) is 15.1. The lowest BCUT2D eigenvalue weighted by Crippen LogP contribution is -3.10. The van der Waals surface area contributed by atoms with Crippen LogP contribution in [0.5, 0.6) is 5.75 Å². The maximum absolute atomic E-state index is 12.7. The van der Waals surface area contributed by atoms with Crippen LogP contribution in [0, 0.1) is 6.92 Å². The lowest BCUT2D eigenvalue weighted by molar-refractivity contribution is -0.886. The highest BCUT2D eigenvalue weighted by molar-refractivity contribution is 5.74. The van der Waals surface area contributed by atoms with Crippen molar-refractivity contribution in [2.75, 3.05) is 61.9 Å². The number of rotatable bonds is 26. The lowest BCUT2D eigenvalue weighted by atomic mass is 9.99. The predicted octanol–water partition coefficient (Wildman–Crippen LogP) is -2.60. The molecule has 0 aliphatic rings. The van der Waals surface area contributed by atoms with E-state index in [1.54, 1.807) is 9.80 Å². The largest absolute Gasteiger partial charge is 1.00 e. The number of unbranched alkanes of at least 4 members (excludes halogenated alkanes) is 13. The normalized spacial score (nSPS) is 12.1. The van der Waals surface area contributed by atoms with Gasteiger partial charge in [0.25, 0.3) is 0 Å². The Kier molecular flexibility index (Phi) is 32.1. The zero-order valence-electron chi connectivity index (χ0n) is 31.4. The van der Waals surface area contributed by atoms with Crippen LogP contribution in [-0.4, -0.2) is 78.4 Å². The van der Waals surface area contributed by atoms with Crippen LogP contribution in [0.2, 0.25) is 0 Å². The number of nitrogens with one attached hydrogen (secondary N) is 2. The molecule has 1 atom stereocenters. The number of hydrogen-bond acceptors (Lipinski definition) is 2. The Labute approximate surface area is 309 Å². The summed E-state index contributed by atoms with van der Waals surface area (Å²) in [5.74, 6) is 1.00. The fourth-order valence-corrected chi connectivity index (χ4v) is 6.14. The third-order valence-corrected chi connectivity index (χ3v) is 9.27. The maximum atomic E-state index is 12.7. The second kappa shape index (κ2) is 29.5. The van der Waals surface area contributed by atoms with Crippen LogP contribution in [0.3, 0.4) is 0 Å². The number of quaternary nitrogens is 3. The Hall–Kier alpha value is -0.370. The molecule has 46 heavy (non-hydrogen) atoms. The third-order valence-electron chi connectivity index (χ3n) is 9.27. The number of ether oxygens (including phenoxy) is 1. The van der Waals surface area contributed by atoms with E-state index < -0.39 is 0 Å². The van der Waals surface area contributed by atoms with Crippen LogP contribution in [-0.2, 0) is 4.79 Å². The van der Waals surface area contributed by atoms with Crippen LogP contribution in [0.15, 0.2) is 18.2 Å². The van der Waals surface area contributed by atoms with Crippen molar-refractivity contribution in [1.29, 1.82) is 0 Å². The first kappa shape index (κ1) is 50.0. The monoisotopic (exact) mass is 753 g/mol. The zero-order valence-corrected chi connectivity index (χ0v) is 34.5. The van der Waals surface area contributed by atoms with Crippen LogP contribution in [0.1, 0.15) is 140 Å². The van der Waals surface area contributed by atoms with E-state index in [-0.39, 0.29) is 47.8 Å². The molecule has 0 heterocycles. The van der Waals surface area contributed by atoms with E-state index in [0.29, 0.717) is 22.7 Å². The number of benzene rings is 1. The minimum atomic E-state index is -0.130. The highest BCUT2D eigenvalue weighted by atomic mass is 79.9. The van der Waals surface area contributed by atoms with E-state index in [2.05, 4.69) is 68.3 Å². The number of carbonyl (C=O) groups is 1. The van der Waals surface area contributed by atoms with Crippen LogP contribution in [0.4, 0.5) is 0 Å². The Balaban J connectivity index is -0.00000616. The van der Waals surface area contributed by atoms with Crippen molar-refractivity contribution in [1.82, 2.24) is 0 Å². The molecule has 0 saturated heterocycles. The summed E-state index contributed by atoms with van der Waals surface area (Å²) < 4.78 is 6.47.